The third kappa shape index (κ3) is 1.93. The van der Waals surface area contributed by atoms with E-state index < -0.39 is 5.92 Å². The molecule has 3 unspecified atom stereocenters. The maximum absolute atomic E-state index is 12.4. The lowest BCUT2D eigenvalue weighted by Gasteiger charge is -2.16. The van der Waals surface area contributed by atoms with Crippen LogP contribution >= 0.6 is 11.6 Å². The van der Waals surface area contributed by atoms with Crippen molar-refractivity contribution in [3.63, 3.8) is 0 Å². The zero-order chi connectivity index (χ0) is 12.7. The van der Waals surface area contributed by atoms with Gasteiger partial charge < -0.3 is 0 Å². The molecule has 0 bridgehead atoms. The molecule has 0 aromatic heterocycles. The van der Waals surface area contributed by atoms with Crippen LogP contribution in [0.2, 0.25) is 5.02 Å². The van der Waals surface area contributed by atoms with Gasteiger partial charge in [0.25, 0.3) is 0 Å². The molecule has 2 saturated carbocycles. The first-order valence-electron chi connectivity index (χ1n) is 6.38. The fourth-order valence-electron chi connectivity index (χ4n) is 3.18. The number of hydrogen-bond acceptors (Lipinski definition) is 2. The van der Waals surface area contributed by atoms with Gasteiger partial charge in [-0.1, -0.05) is 29.8 Å². The van der Waals surface area contributed by atoms with Crippen LogP contribution < -0.4 is 0 Å². The van der Waals surface area contributed by atoms with Gasteiger partial charge in [0.1, 0.15) is 5.92 Å². The Bertz CT molecular complexity index is 524. The fraction of sp³-hybridized carbons (Fsp3) is 0.467. The molecule has 0 amide bonds. The summed E-state index contributed by atoms with van der Waals surface area (Å²) in [6, 6.07) is 9.29. The zero-order valence-corrected chi connectivity index (χ0v) is 10.7. The summed E-state index contributed by atoms with van der Waals surface area (Å²) in [6.45, 7) is 0. The van der Waals surface area contributed by atoms with E-state index in [2.05, 4.69) is 6.07 Å². The average Bonchev–Trinajstić information content (AvgIpc) is 2.99. The van der Waals surface area contributed by atoms with Crippen LogP contribution in [-0.4, -0.2) is 5.78 Å². The van der Waals surface area contributed by atoms with E-state index in [1.807, 2.05) is 12.1 Å². The lowest BCUT2D eigenvalue weighted by atomic mass is 9.86. The van der Waals surface area contributed by atoms with Crippen molar-refractivity contribution in [2.24, 2.45) is 17.8 Å². The van der Waals surface area contributed by atoms with Crippen LogP contribution in [0.5, 0.6) is 0 Å². The summed E-state index contributed by atoms with van der Waals surface area (Å²) < 4.78 is 0. The molecular formula is C15H14ClNO. The van der Waals surface area contributed by atoms with Gasteiger partial charge in [-0.2, -0.15) is 5.26 Å². The Kier molecular flexibility index (Phi) is 2.87. The molecule has 0 N–H and O–H groups in total. The molecule has 1 aromatic rings. The number of hydrogen-bond donors (Lipinski definition) is 0. The van der Waals surface area contributed by atoms with Gasteiger partial charge in [0.05, 0.1) is 6.07 Å². The topological polar surface area (TPSA) is 40.9 Å². The van der Waals surface area contributed by atoms with E-state index in [9.17, 15) is 10.1 Å². The maximum Gasteiger partial charge on any atom is 0.157 e. The Morgan fingerprint density at radius 3 is 2.56 bits per heavy atom. The van der Waals surface area contributed by atoms with E-state index in [4.69, 9.17) is 11.6 Å². The second-order valence-electron chi connectivity index (χ2n) is 5.41. The molecule has 3 rings (SSSR count). The minimum absolute atomic E-state index is 0.0674. The van der Waals surface area contributed by atoms with Crippen LogP contribution in [0.15, 0.2) is 24.3 Å². The van der Waals surface area contributed by atoms with Gasteiger partial charge in [-0.25, -0.2) is 0 Å². The summed E-state index contributed by atoms with van der Waals surface area (Å²) in [6.07, 6.45) is 3.24. The highest BCUT2D eigenvalue weighted by Gasteiger charge is 2.49. The molecule has 0 radical (unpaired) electrons. The van der Waals surface area contributed by atoms with E-state index in [1.165, 1.54) is 6.42 Å². The third-order valence-corrected chi connectivity index (χ3v) is 4.62. The second-order valence-corrected chi connectivity index (χ2v) is 5.82. The monoisotopic (exact) mass is 259 g/mol. The van der Waals surface area contributed by atoms with Gasteiger partial charge >= 0.3 is 0 Å². The smallest absolute Gasteiger partial charge is 0.157 e. The van der Waals surface area contributed by atoms with E-state index in [0.717, 1.165) is 24.7 Å². The van der Waals surface area contributed by atoms with Gasteiger partial charge in [-0.3, -0.25) is 4.79 Å². The minimum atomic E-state index is -0.693. The molecule has 2 aliphatic carbocycles. The Labute approximate surface area is 112 Å². The normalized spacial score (nSPS) is 30.3. The molecule has 1 aromatic carbocycles. The fourth-order valence-corrected chi connectivity index (χ4v) is 3.42. The van der Waals surface area contributed by atoms with Crippen molar-refractivity contribution in [3.8, 4) is 6.07 Å². The van der Waals surface area contributed by atoms with E-state index >= 15 is 0 Å². The number of benzene rings is 1. The minimum Gasteiger partial charge on any atom is -0.298 e. The highest BCUT2D eigenvalue weighted by atomic mass is 35.5. The Balaban J connectivity index is 1.82. The molecule has 92 valence electrons. The molecule has 0 spiro atoms. The van der Waals surface area contributed by atoms with Crippen LogP contribution in [-0.2, 0) is 4.79 Å². The average molecular weight is 260 g/mol. The number of halogens is 1. The van der Waals surface area contributed by atoms with Gasteiger partial charge in [0.15, 0.2) is 5.78 Å². The predicted octanol–water partition coefficient (Wildman–Crippen LogP) is 3.56. The summed E-state index contributed by atoms with van der Waals surface area (Å²) in [5.74, 6) is 0.961. The number of Topliss-reactive ketones (excluding diaryl/α,β-unsaturated/α-hetero) is 1. The van der Waals surface area contributed by atoms with Crippen molar-refractivity contribution in [2.75, 3.05) is 0 Å². The van der Waals surface area contributed by atoms with Gasteiger partial charge in [0.2, 0.25) is 0 Å². The van der Waals surface area contributed by atoms with E-state index in [-0.39, 0.29) is 11.7 Å². The first-order valence-corrected chi connectivity index (χ1v) is 6.76. The molecular weight excluding hydrogens is 246 g/mol. The summed E-state index contributed by atoms with van der Waals surface area (Å²) in [5, 5.41) is 9.80. The molecule has 3 heteroatoms. The largest absolute Gasteiger partial charge is 0.298 e. The lowest BCUT2D eigenvalue weighted by molar-refractivity contribution is -0.123. The van der Waals surface area contributed by atoms with Crippen molar-refractivity contribution in [1.82, 2.24) is 0 Å². The molecule has 18 heavy (non-hydrogen) atoms. The number of carbonyl (C=O) groups excluding carboxylic acids is 1. The van der Waals surface area contributed by atoms with E-state index in [1.54, 1.807) is 12.1 Å². The predicted molar refractivity (Wildman–Crippen MR) is 69.1 cm³/mol. The molecule has 2 nitrogen and oxygen atoms in total. The van der Waals surface area contributed by atoms with Gasteiger partial charge in [-0.05, 0) is 42.7 Å². The van der Waals surface area contributed by atoms with Crippen LogP contribution in [0.1, 0.15) is 30.7 Å². The van der Waals surface area contributed by atoms with Crippen molar-refractivity contribution in [3.05, 3.63) is 34.9 Å². The number of nitriles is 1. The SMILES string of the molecule is N#CC(C(=O)C1CC2CC2C1)c1ccccc1Cl. The van der Waals surface area contributed by atoms with Crippen LogP contribution in [0.3, 0.4) is 0 Å². The molecule has 0 heterocycles. The number of ketones is 1. The number of rotatable bonds is 3. The quantitative estimate of drug-likeness (QED) is 0.833. The number of fused-ring (bicyclic) bond motifs is 1. The van der Waals surface area contributed by atoms with Crippen molar-refractivity contribution < 1.29 is 4.79 Å². The van der Waals surface area contributed by atoms with Crippen LogP contribution in [0, 0.1) is 29.1 Å². The van der Waals surface area contributed by atoms with Gasteiger partial charge in [-0.15, -0.1) is 0 Å². The summed E-state index contributed by atoms with van der Waals surface area (Å²) in [5.41, 5.74) is 0.659. The number of carbonyl (C=O) groups is 1. The molecule has 3 atom stereocenters. The van der Waals surface area contributed by atoms with Crippen molar-refractivity contribution in [2.45, 2.75) is 25.2 Å². The Morgan fingerprint density at radius 1 is 1.28 bits per heavy atom. The standard InChI is InChI=1S/C15H14ClNO/c16-14-4-2-1-3-12(14)13(8-17)15(18)11-6-9-5-10(9)7-11/h1-4,9-11,13H,5-7H2. The van der Waals surface area contributed by atoms with E-state index in [0.29, 0.717) is 10.6 Å². The van der Waals surface area contributed by atoms with Crippen LogP contribution in [0.25, 0.3) is 0 Å². The first-order chi connectivity index (χ1) is 8.70. The summed E-state index contributed by atoms with van der Waals surface area (Å²) in [4.78, 5) is 12.4. The van der Waals surface area contributed by atoms with Crippen LogP contribution in [0.4, 0.5) is 0 Å². The van der Waals surface area contributed by atoms with Crippen molar-refractivity contribution in [1.29, 1.82) is 5.26 Å². The molecule has 0 aliphatic heterocycles. The maximum atomic E-state index is 12.4. The molecule has 2 fully saturated rings. The lowest BCUT2D eigenvalue weighted by Crippen LogP contribution is -2.20. The highest BCUT2D eigenvalue weighted by Crippen LogP contribution is 2.55. The zero-order valence-electron chi connectivity index (χ0n) is 9.97. The number of nitrogens with zero attached hydrogens (tertiary/aromatic N) is 1. The summed E-state index contributed by atoms with van der Waals surface area (Å²) in [7, 11) is 0. The first kappa shape index (κ1) is 11.7. The molecule has 0 saturated heterocycles. The third-order valence-electron chi connectivity index (χ3n) is 4.28. The van der Waals surface area contributed by atoms with Crippen molar-refractivity contribution >= 4 is 17.4 Å². The Morgan fingerprint density at radius 2 is 1.94 bits per heavy atom. The summed E-state index contributed by atoms with van der Waals surface area (Å²) >= 11 is 6.08. The second kappa shape index (κ2) is 4.40. The van der Waals surface area contributed by atoms with Gasteiger partial charge in [0, 0.05) is 10.9 Å². The Hall–Kier alpha value is -1.33. The highest BCUT2D eigenvalue weighted by molar-refractivity contribution is 6.31. The molecule has 2 aliphatic rings.